The van der Waals surface area contributed by atoms with E-state index >= 15 is 0 Å². The molecule has 0 atom stereocenters. The molecule has 0 saturated heterocycles. The maximum Gasteiger partial charge on any atom is 0.266 e. The first-order chi connectivity index (χ1) is 14.7. The number of anilines is 1. The molecule has 0 bridgehead atoms. The predicted molar refractivity (Wildman–Crippen MR) is 112 cm³/mol. The molecule has 0 aliphatic rings. The summed E-state index contributed by atoms with van der Waals surface area (Å²) in [6, 6.07) is 8.14. The van der Waals surface area contributed by atoms with E-state index in [2.05, 4.69) is 29.5 Å². The van der Waals surface area contributed by atoms with E-state index in [0.29, 0.717) is 29.0 Å². The van der Waals surface area contributed by atoms with Crippen LogP contribution in [0, 0.1) is 27.7 Å². The van der Waals surface area contributed by atoms with Crippen LogP contribution in [0.25, 0.3) is 5.82 Å². The molecule has 1 aromatic carbocycles. The monoisotopic (exact) mass is 440 g/mol. The van der Waals surface area contributed by atoms with Crippen molar-refractivity contribution in [1.82, 2.24) is 24.9 Å². The van der Waals surface area contributed by atoms with Gasteiger partial charge < -0.3 is 9.26 Å². The second-order valence-electron chi connectivity index (χ2n) is 6.91. The zero-order chi connectivity index (χ0) is 22.2. The van der Waals surface area contributed by atoms with Gasteiger partial charge in [-0.1, -0.05) is 5.16 Å². The van der Waals surface area contributed by atoms with Gasteiger partial charge in [-0.25, -0.2) is 18.1 Å². The second-order valence-corrected chi connectivity index (χ2v) is 8.59. The highest BCUT2D eigenvalue weighted by Gasteiger charge is 2.17. The van der Waals surface area contributed by atoms with Crippen molar-refractivity contribution in [2.45, 2.75) is 32.6 Å². The van der Waals surface area contributed by atoms with Crippen molar-refractivity contribution < 1.29 is 17.7 Å². The minimum Gasteiger partial charge on any atom is -0.439 e. The van der Waals surface area contributed by atoms with Gasteiger partial charge in [0, 0.05) is 17.4 Å². The van der Waals surface area contributed by atoms with Crippen molar-refractivity contribution in [2.24, 2.45) is 0 Å². The number of rotatable bonds is 6. The number of aryl methyl sites for hydroxylation is 2. The number of nitrogens with one attached hydrogen (secondary N) is 1. The molecule has 3 heterocycles. The molecule has 31 heavy (non-hydrogen) atoms. The summed E-state index contributed by atoms with van der Waals surface area (Å²) < 4.78 is 39.1. The maximum absolute atomic E-state index is 12.2. The van der Waals surface area contributed by atoms with Crippen molar-refractivity contribution in [3.63, 3.8) is 0 Å². The van der Waals surface area contributed by atoms with E-state index in [0.717, 1.165) is 29.4 Å². The molecule has 11 heteroatoms. The summed E-state index contributed by atoms with van der Waals surface area (Å²) >= 11 is 0. The number of benzene rings is 1. The normalized spacial score (nSPS) is 11.5. The van der Waals surface area contributed by atoms with Crippen LogP contribution in [0.2, 0.25) is 0 Å². The van der Waals surface area contributed by atoms with Gasteiger partial charge in [-0.05, 0) is 57.5 Å². The van der Waals surface area contributed by atoms with Crippen LogP contribution in [0.15, 0.2) is 52.2 Å². The predicted octanol–water partition coefficient (Wildman–Crippen LogP) is 3.48. The average Bonchev–Trinajstić information content (AvgIpc) is 3.35. The summed E-state index contributed by atoms with van der Waals surface area (Å²) in [6.07, 6.45) is 2.18. The fourth-order valence-corrected chi connectivity index (χ4v) is 3.80. The van der Waals surface area contributed by atoms with Crippen LogP contribution in [-0.4, -0.2) is 33.3 Å². The van der Waals surface area contributed by atoms with E-state index < -0.39 is 10.0 Å². The number of ether oxygens (including phenoxy) is 1. The lowest BCUT2D eigenvalue weighted by atomic mass is 10.2. The Morgan fingerprint density at radius 1 is 1.06 bits per heavy atom. The third-order valence-electron chi connectivity index (χ3n) is 4.72. The van der Waals surface area contributed by atoms with Gasteiger partial charge in [0.05, 0.1) is 11.9 Å². The lowest BCUT2D eigenvalue weighted by Gasteiger charge is -2.10. The molecule has 1 N–H and O–H groups in total. The molecule has 0 fully saturated rings. The summed E-state index contributed by atoms with van der Waals surface area (Å²) in [6.45, 7) is 7.71. The van der Waals surface area contributed by atoms with E-state index in [-0.39, 0.29) is 4.90 Å². The van der Waals surface area contributed by atoms with E-state index in [9.17, 15) is 8.42 Å². The summed E-state index contributed by atoms with van der Waals surface area (Å²) in [4.78, 5) is 8.73. The molecule has 0 aliphatic carbocycles. The lowest BCUT2D eigenvalue weighted by Crippen LogP contribution is -2.11. The number of hydrogen-bond donors (Lipinski definition) is 1. The maximum atomic E-state index is 12.2. The van der Waals surface area contributed by atoms with Crippen LogP contribution in [0.5, 0.6) is 11.6 Å². The Bertz CT molecular complexity index is 1330. The van der Waals surface area contributed by atoms with Crippen LogP contribution in [0.1, 0.15) is 22.8 Å². The van der Waals surface area contributed by atoms with Gasteiger partial charge in [0.2, 0.25) is 5.88 Å². The molecule has 10 nitrogen and oxygen atoms in total. The summed E-state index contributed by atoms with van der Waals surface area (Å²) in [5, 5.41) is 7.94. The van der Waals surface area contributed by atoms with Crippen molar-refractivity contribution in [2.75, 3.05) is 4.72 Å². The molecule has 160 valence electrons. The molecule has 0 spiro atoms. The van der Waals surface area contributed by atoms with E-state index in [4.69, 9.17) is 4.74 Å². The number of hydrogen-bond acceptors (Lipinski definition) is 8. The molecule has 4 rings (SSSR count). The fraction of sp³-hybridized carbons (Fsp3) is 0.200. The highest BCUT2D eigenvalue weighted by atomic mass is 32.2. The molecule has 0 aliphatic heterocycles. The third-order valence-corrected chi connectivity index (χ3v) is 6.05. The molecule has 3 aromatic heterocycles. The lowest BCUT2D eigenvalue weighted by molar-refractivity contribution is 0.417. The number of aromatic nitrogens is 5. The Hall–Kier alpha value is -3.73. The van der Waals surface area contributed by atoms with Crippen LogP contribution in [-0.2, 0) is 10.0 Å². The van der Waals surface area contributed by atoms with Gasteiger partial charge >= 0.3 is 0 Å². The molecule has 4 aromatic rings. The standard InChI is InChI=1S/C20H20N6O4S/c1-12-13(2)24-26(14(12)3)19-9-20(23-15(4)22-19)30-17-7-5-16(6-8-17)25-31(27,28)18-10-21-29-11-18/h5-11,25H,1-4H3. The Morgan fingerprint density at radius 2 is 1.81 bits per heavy atom. The van der Waals surface area contributed by atoms with Crippen molar-refractivity contribution in [3.8, 4) is 17.4 Å². The van der Waals surface area contributed by atoms with Gasteiger partial charge in [0.15, 0.2) is 5.82 Å². The smallest absolute Gasteiger partial charge is 0.266 e. The SMILES string of the molecule is Cc1nc(Oc2ccc(NS(=O)(=O)c3cnoc3)cc2)cc(-n2nc(C)c(C)c2C)n1. The number of nitrogens with zero attached hydrogens (tertiary/aromatic N) is 5. The minimum atomic E-state index is -3.77. The van der Waals surface area contributed by atoms with Crippen LogP contribution >= 0.6 is 0 Å². The van der Waals surface area contributed by atoms with E-state index in [1.807, 2.05) is 20.8 Å². The molecular weight excluding hydrogens is 420 g/mol. The largest absolute Gasteiger partial charge is 0.439 e. The Labute approximate surface area is 178 Å². The highest BCUT2D eigenvalue weighted by molar-refractivity contribution is 7.92. The van der Waals surface area contributed by atoms with Gasteiger partial charge in [0.1, 0.15) is 22.7 Å². The molecule has 0 unspecified atom stereocenters. The second kappa shape index (κ2) is 7.84. The van der Waals surface area contributed by atoms with Gasteiger partial charge in [0.25, 0.3) is 10.0 Å². The van der Waals surface area contributed by atoms with Crippen LogP contribution in [0.3, 0.4) is 0 Å². The Balaban J connectivity index is 1.54. The van der Waals surface area contributed by atoms with Gasteiger partial charge in [-0.2, -0.15) is 10.1 Å². The van der Waals surface area contributed by atoms with Crippen molar-refractivity contribution in [1.29, 1.82) is 0 Å². The minimum absolute atomic E-state index is 0.0591. The van der Waals surface area contributed by atoms with Gasteiger partial charge in [-0.3, -0.25) is 4.72 Å². The Kier molecular flexibility index (Phi) is 5.19. The van der Waals surface area contributed by atoms with Crippen LogP contribution in [0.4, 0.5) is 5.69 Å². The quantitative estimate of drug-likeness (QED) is 0.483. The topological polar surface area (TPSA) is 125 Å². The summed E-state index contributed by atoms with van der Waals surface area (Å²) in [5.41, 5.74) is 3.39. The third kappa shape index (κ3) is 4.26. The average molecular weight is 440 g/mol. The molecule has 0 saturated carbocycles. The molecule has 0 amide bonds. The summed E-state index contributed by atoms with van der Waals surface area (Å²) in [5.74, 6) is 1.98. The first-order valence-corrected chi connectivity index (χ1v) is 10.8. The molecule has 0 radical (unpaired) electrons. The van der Waals surface area contributed by atoms with Crippen molar-refractivity contribution >= 4 is 15.7 Å². The van der Waals surface area contributed by atoms with E-state index in [1.54, 1.807) is 41.9 Å². The zero-order valence-corrected chi connectivity index (χ0v) is 18.1. The van der Waals surface area contributed by atoms with Gasteiger partial charge in [-0.15, -0.1) is 0 Å². The van der Waals surface area contributed by atoms with Crippen LogP contribution < -0.4 is 9.46 Å². The van der Waals surface area contributed by atoms with E-state index in [1.165, 1.54) is 0 Å². The highest BCUT2D eigenvalue weighted by Crippen LogP contribution is 2.25. The summed E-state index contributed by atoms with van der Waals surface area (Å²) in [7, 11) is -3.77. The Morgan fingerprint density at radius 3 is 2.42 bits per heavy atom. The zero-order valence-electron chi connectivity index (χ0n) is 17.3. The number of sulfonamides is 1. The molecular formula is C20H20N6O4S. The fourth-order valence-electron chi connectivity index (χ4n) is 2.88. The first kappa shape index (κ1) is 20.5. The van der Waals surface area contributed by atoms with Crippen molar-refractivity contribution in [3.05, 3.63) is 65.6 Å². The first-order valence-electron chi connectivity index (χ1n) is 9.32.